The van der Waals surface area contributed by atoms with Crippen LogP contribution in [-0.4, -0.2) is 70.5 Å². The van der Waals surface area contributed by atoms with Crippen LogP contribution in [0.25, 0.3) is 11.2 Å². The predicted molar refractivity (Wildman–Crippen MR) is 74.2 cm³/mol. The average Bonchev–Trinajstić information content (AvgIpc) is 3.00. The number of carbonyl (C=O) groups excluding carboxylic acids is 1. The first kappa shape index (κ1) is 14.6. The van der Waals surface area contributed by atoms with Gasteiger partial charge in [-0.3, -0.25) is 9.36 Å². The minimum atomic E-state index is -1.30. The second kappa shape index (κ2) is 5.16. The van der Waals surface area contributed by atoms with Crippen LogP contribution in [0.1, 0.15) is 13.1 Å². The van der Waals surface area contributed by atoms with Crippen LogP contribution < -0.4 is 5.73 Å². The van der Waals surface area contributed by atoms with Crippen LogP contribution >= 0.6 is 0 Å². The molecule has 1 amide bonds. The monoisotopic (exact) mass is 308 g/mol. The Labute approximate surface area is 124 Å². The van der Waals surface area contributed by atoms with Gasteiger partial charge in [0.2, 0.25) is 5.91 Å². The van der Waals surface area contributed by atoms with Gasteiger partial charge in [0.05, 0.1) is 19.0 Å². The number of carbonyl (C=O) groups is 1. The zero-order chi connectivity index (χ0) is 16.0. The van der Waals surface area contributed by atoms with Gasteiger partial charge in [-0.1, -0.05) is 0 Å². The fourth-order valence-corrected chi connectivity index (χ4v) is 2.91. The van der Waals surface area contributed by atoms with Gasteiger partial charge in [0.15, 0.2) is 11.5 Å². The molecule has 0 aliphatic carbocycles. The molecule has 10 nitrogen and oxygen atoms in total. The Morgan fingerprint density at radius 2 is 2.05 bits per heavy atom. The second-order valence-electron chi connectivity index (χ2n) is 5.15. The van der Waals surface area contributed by atoms with Gasteiger partial charge in [-0.25, -0.2) is 15.0 Å². The highest BCUT2D eigenvalue weighted by Gasteiger charge is 2.50. The zero-order valence-corrected chi connectivity index (χ0v) is 11.7. The van der Waals surface area contributed by atoms with E-state index in [4.69, 9.17) is 5.73 Å². The maximum absolute atomic E-state index is 11.9. The number of aliphatic hydroxyl groups is 3. The Balaban J connectivity index is 2.15. The number of anilines is 1. The van der Waals surface area contributed by atoms with Crippen molar-refractivity contribution in [2.24, 2.45) is 0 Å². The van der Waals surface area contributed by atoms with Crippen molar-refractivity contribution in [3.63, 3.8) is 0 Å². The first-order valence-electron chi connectivity index (χ1n) is 6.66. The molecule has 0 saturated carbocycles. The third-order valence-corrected chi connectivity index (χ3v) is 3.91. The molecule has 1 aliphatic heterocycles. The molecule has 0 spiro atoms. The summed E-state index contributed by atoms with van der Waals surface area (Å²) in [6.07, 6.45) is -0.907. The number of nitrogen functional groups attached to an aromatic ring is 1. The Kier molecular flexibility index (Phi) is 3.43. The summed E-state index contributed by atoms with van der Waals surface area (Å²) in [6, 6.07) is -0.908. The van der Waals surface area contributed by atoms with Gasteiger partial charge in [0, 0.05) is 6.92 Å². The van der Waals surface area contributed by atoms with Crippen LogP contribution in [-0.2, 0) is 4.79 Å². The number of rotatable bonds is 2. The summed E-state index contributed by atoms with van der Waals surface area (Å²) in [5.41, 5.74) is 6.38. The standard InChI is InChI=1S/C12H16N6O4/c1-5(20)18-6(2-19)8(21)9(22)12(18)17-4-16-7-10(13)14-3-15-11(7)17/h3-4,6,8-9,12,19,21-22H,2H2,1H3,(H2,13,14,15)/t6-,8+,9-,12-/m1/s1. The van der Waals surface area contributed by atoms with E-state index >= 15 is 0 Å². The van der Waals surface area contributed by atoms with Gasteiger partial charge in [-0.2, -0.15) is 0 Å². The van der Waals surface area contributed by atoms with Crippen molar-refractivity contribution >= 4 is 22.9 Å². The Morgan fingerprint density at radius 3 is 2.68 bits per heavy atom. The fraction of sp³-hybridized carbons (Fsp3) is 0.500. The van der Waals surface area contributed by atoms with Gasteiger partial charge in [-0.05, 0) is 0 Å². The molecule has 3 rings (SSSR count). The van der Waals surface area contributed by atoms with Gasteiger partial charge in [-0.15, -0.1) is 0 Å². The van der Waals surface area contributed by atoms with Crippen LogP contribution in [0.4, 0.5) is 5.82 Å². The number of fused-ring (bicyclic) bond motifs is 1. The number of nitrogens with two attached hydrogens (primary N) is 1. The molecule has 5 N–H and O–H groups in total. The summed E-state index contributed by atoms with van der Waals surface area (Å²) in [4.78, 5) is 25.1. The van der Waals surface area contributed by atoms with E-state index in [0.717, 1.165) is 0 Å². The van der Waals surface area contributed by atoms with E-state index in [1.54, 1.807) is 0 Å². The molecule has 3 heterocycles. The Bertz CT molecular complexity index is 719. The summed E-state index contributed by atoms with van der Waals surface area (Å²) >= 11 is 0. The lowest BCUT2D eigenvalue weighted by Gasteiger charge is -2.29. The van der Waals surface area contributed by atoms with Crippen LogP contribution in [0.5, 0.6) is 0 Å². The third-order valence-electron chi connectivity index (χ3n) is 3.91. The number of hydrogen-bond acceptors (Lipinski definition) is 8. The molecule has 22 heavy (non-hydrogen) atoms. The molecular weight excluding hydrogens is 292 g/mol. The summed E-state index contributed by atoms with van der Waals surface area (Å²) in [5, 5.41) is 29.8. The Morgan fingerprint density at radius 1 is 1.32 bits per heavy atom. The number of likely N-dealkylation sites (tertiary alicyclic amines) is 1. The van der Waals surface area contributed by atoms with Crippen molar-refractivity contribution in [1.82, 2.24) is 24.4 Å². The fourth-order valence-electron chi connectivity index (χ4n) is 2.91. The highest BCUT2D eigenvalue weighted by Crippen LogP contribution is 2.34. The number of amides is 1. The van der Waals surface area contributed by atoms with Crippen LogP contribution in [0, 0.1) is 0 Å². The van der Waals surface area contributed by atoms with E-state index in [-0.39, 0.29) is 5.82 Å². The molecule has 2 aromatic heterocycles. The van der Waals surface area contributed by atoms with Gasteiger partial charge in [0.25, 0.3) is 0 Å². The summed E-state index contributed by atoms with van der Waals surface area (Å²) in [7, 11) is 0. The average molecular weight is 308 g/mol. The molecular formula is C12H16N6O4. The van der Waals surface area contributed by atoms with E-state index in [2.05, 4.69) is 15.0 Å². The van der Waals surface area contributed by atoms with Crippen molar-refractivity contribution in [2.75, 3.05) is 12.3 Å². The third kappa shape index (κ3) is 1.92. The van der Waals surface area contributed by atoms with E-state index in [0.29, 0.717) is 11.2 Å². The summed E-state index contributed by atoms with van der Waals surface area (Å²) < 4.78 is 1.44. The highest BCUT2D eigenvalue weighted by molar-refractivity contribution is 5.81. The molecule has 0 radical (unpaired) electrons. The molecule has 10 heteroatoms. The number of nitrogens with zero attached hydrogens (tertiary/aromatic N) is 5. The number of hydrogen-bond donors (Lipinski definition) is 4. The highest BCUT2D eigenvalue weighted by atomic mass is 16.3. The first-order chi connectivity index (χ1) is 10.5. The zero-order valence-electron chi connectivity index (χ0n) is 11.7. The van der Waals surface area contributed by atoms with Gasteiger partial charge < -0.3 is 26.0 Å². The predicted octanol–water partition coefficient (Wildman–Crippen LogP) is -2.15. The minimum absolute atomic E-state index is 0.171. The molecule has 4 atom stereocenters. The molecule has 118 valence electrons. The first-order valence-corrected chi connectivity index (χ1v) is 6.66. The van der Waals surface area contributed by atoms with Gasteiger partial charge >= 0.3 is 0 Å². The largest absolute Gasteiger partial charge is 0.394 e. The van der Waals surface area contributed by atoms with Crippen LogP contribution in [0.3, 0.4) is 0 Å². The van der Waals surface area contributed by atoms with E-state index in [9.17, 15) is 20.1 Å². The maximum atomic E-state index is 11.9. The van der Waals surface area contributed by atoms with E-state index < -0.39 is 36.9 Å². The van der Waals surface area contributed by atoms with E-state index in [1.807, 2.05) is 0 Å². The summed E-state index contributed by atoms with van der Waals surface area (Å²) in [5.74, 6) is -0.228. The van der Waals surface area contributed by atoms with Crippen molar-refractivity contribution in [3.05, 3.63) is 12.7 Å². The molecule has 1 saturated heterocycles. The lowest BCUT2D eigenvalue weighted by Crippen LogP contribution is -2.42. The van der Waals surface area contributed by atoms with Gasteiger partial charge in [0.1, 0.15) is 30.2 Å². The number of aromatic nitrogens is 4. The summed E-state index contributed by atoms with van der Waals surface area (Å²) in [6.45, 7) is 0.820. The number of aliphatic hydroxyl groups excluding tert-OH is 3. The molecule has 0 bridgehead atoms. The normalized spacial score (nSPS) is 28.5. The van der Waals surface area contributed by atoms with E-state index in [1.165, 1.54) is 29.0 Å². The Hall–Kier alpha value is -2.30. The quantitative estimate of drug-likeness (QED) is 0.490. The SMILES string of the molecule is CC(=O)N1[C@H](CO)[C@H](O)[C@@H](O)[C@@H]1n1cnc2c(N)ncnc21. The molecule has 1 aliphatic rings. The molecule has 2 aromatic rings. The second-order valence-corrected chi connectivity index (χ2v) is 5.15. The molecule has 1 fully saturated rings. The van der Waals surface area contributed by atoms with Crippen molar-refractivity contribution in [2.45, 2.75) is 31.3 Å². The van der Waals surface area contributed by atoms with Crippen LogP contribution in [0.2, 0.25) is 0 Å². The van der Waals surface area contributed by atoms with Crippen molar-refractivity contribution in [1.29, 1.82) is 0 Å². The maximum Gasteiger partial charge on any atom is 0.221 e. The van der Waals surface area contributed by atoms with Crippen molar-refractivity contribution in [3.8, 4) is 0 Å². The lowest BCUT2D eigenvalue weighted by atomic mass is 10.1. The van der Waals surface area contributed by atoms with Crippen molar-refractivity contribution < 1.29 is 20.1 Å². The minimum Gasteiger partial charge on any atom is -0.394 e. The van der Waals surface area contributed by atoms with Crippen LogP contribution in [0.15, 0.2) is 12.7 Å². The lowest BCUT2D eigenvalue weighted by molar-refractivity contribution is -0.135. The molecule has 0 unspecified atom stereocenters. The number of imidazole rings is 1. The smallest absolute Gasteiger partial charge is 0.221 e. The molecule has 0 aromatic carbocycles. The topological polar surface area (TPSA) is 151 Å².